The molecular weight excluding hydrogens is 270 g/mol. The van der Waals surface area contributed by atoms with Crippen molar-refractivity contribution in [2.24, 2.45) is 0 Å². The number of hydrogen-bond acceptors (Lipinski definition) is 5. The number of benzene rings is 1. The smallest absolute Gasteiger partial charge is 0.273 e. The van der Waals surface area contributed by atoms with Crippen LogP contribution in [0.1, 0.15) is 33.1 Å². The molecule has 6 heteroatoms. The molecule has 1 aromatic rings. The van der Waals surface area contributed by atoms with Gasteiger partial charge in [-0.3, -0.25) is 10.1 Å². The molecule has 2 N–H and O–H groups in total. The van der Waals surface area contributed by atoms with E-state index in [2.05, 4.69) is 17.1 Å². The van der Waals surface area contributed by atoms with Crippen LogP contribution in [0.2, 0.25) is 0 Å². The average Bonchev–Trinajstić information content (AvgIpc) is 2.44. The Kier molecular flexibility index (Phi) is 4.67. The summed E-state index contributed by atoms with van der Waals surface area (Å²) in [5.74, 6) is 0. The van der Waals surface area contributed by atoms with E-state index < -0.39 is 5.60 Å². The number of piperidine rings is 1. The van der Waals surface area contributed by atoms with Crippen LogP contribution in [0, 0.1) is 10.1 Å². The zero-order chi connectivity index (χ0) is 15.5. The lowest BCUT2D eigenvalue weighted by Gasteiger charge is -2.37. The zero-order valence-corrected chi connectivity index (χ0v) is 12.6. The van der Waals surface area contributed by atoms with Gasteiger partial charge in [-0.1, -0.05) is 6.92 Å². The van der Waals surface area contributed by atoms with Gasteiger partial charge in [-0.2, -0.15) is 0 Å². The lowest BCUT2D eigenvalue weighted by Crippen LogP contribution is -2.42. The van der Waals surface area contributed by atoms with Gasteiger partial charge >= 0.3 is 0 Å². The van der Waals surface area contributed by atoms with E-state index in [1.807, 2.05) is 13.0 Å². The summed E-state index contributed by atoms with van der Waals surface area (Å²) in [6.07, 6.45) is 2.31. The Morgan fingerprint density at radius 3 is 2.62 bits per heavy atom. The van der Waals surface area contributed by atoms with Gasteiger partial charge < -0.3 is 15.3 Å². The summed E-state index contributed by atoms with van der Waals surface area (Å²) < 4.78 is 0. The van der Waals surface area contributed by atoms with E-state index in [1.165, 1.54) is 0 Å². The van der Waals surface area contributed by atoms with Crippen LogP contribution in [0.3, 0.4) is 0 Å². The highest BCUT2D eigenvalue weighted by atomic mass is 16.6. The van der Waals surface area contributed by atoms with E-state index in [4.69, 9.17) is 0 Å². The van der Waals surface area contributed by atoms with Crippen LogP contribution in [0.4, 0.5) is 17.1 Å². The SMILES string of the molecule is CCCNc1cc(N2CCC(C)(O)CC2)cc([N+](=O)[O-])c1. The predicted molar refractivity (Wildman–Crippen MR) is 83.9 cm³/mol. The number of hydrogen-bond donors (Lipinski definition) is 2. The van der Waals surface area contributed by atoms with Crippen molar-refractivity contribution in [2.45, 2.75) is 38.7 Å². The Morgan fingerprint density at radius 2 is 2.05 bits per heavy atom. The normalized spacial score (nSPS) is 17.6. The van der Waals surface area contributed by atoms with Crippen molar-refractivity contribution in [3.05, 3.63) is 28.3 Å². The van der Waals surface area contributed by atoms with Crippen LogP contribution in [0.5, 0.6) is 0 Å². The number of nitro benzene ring substituents is 1. The summed E-state index contributed by atoms with van der Waals surface area (Å²) in [7, 11) is 0. The van der Waals surface area contributed by atoms with Crippen molar-refractivity contribution in [3.8, 4) is 0 Å². The van der Waals surface area contributed by atoms with E-state index in [9.17, 15) is 15.2 Å². The van der Waals surface area contributed by atoms with Crippen molar-refractivity contribution >= 4 is 17.1 Å². The van der Waals surface area contributed by atoms with Gasteiger partial charge in [0.25, 0.3) is 5.69 Å². The topological polar surface area (TPSA) is 78.6 Å². The van der Waals surface area contributed by atoms with Gasteiger partial charge in [0.05, 0.1) is 10.5 Å². The molecule has 1 aliphatic rings. The average molecular weight is 293 g/mol. The number of nitro groups is 1. The summed E-state index contributed by atoms with van der Waals surface area (Å²) >= 11 is 0. The van der Waals surface area contributed by atoms with Crippen molar-refractivity contribution in [1.29, 1.82) is 0 Å². The molecule has 0 radical (unpaired) electrons. The summed E-state index contributed by atoms with van der Waals surface area (Å²) in [5.41, 5.74) is 1.10. The van der Waals surface area contributed by atoms with Gasteiger partial charge in [0, 0.05) is 43.1 Å². The van der Waals surface area contributed by atoms with Crippen LogP contribution in [0.15, 0.2) is 18.2 Å². The first-order valence-electron chi connectivity index (χ1n) is 7.42. The number of nitrogens with zero attached hydrogens (tertiary/aromatic N) is 2. The Morgan fingerprint density at radius 1 is 1.38 bits per heavy atom. The molecule has 0 unspecified atom stereocenters. The van der Waals surface area contributed by atoms with Crippen LogP contribution in [-0.4, -0.2) is 35.3 Å². The minimum Gasteiger partial charge on any atom is -0.390 e. The Labute approximate surface area is 124 Å². The molecule has 1 aromatic carbocycles. The van der Waals surface area contributed by atoms with Crippen LogP contribution in [0.25, 0.3) is 0 Å². The fraction of sp³-hybridized carbons (Fsp3) is 0.600. The molecule has 2 rings (SSSR count). The molecule has 1 saturated heterocycles. The van der Waals surface area contributed by atoms with Gasteiger partial charge in [0.1, 0.15) is 0 Å². The monoisotopic (exact) mass is 293 g/mol. The Hall–Kier alpha value is -1.82. The first-order valence-corrected chi connectivity index (χ1v) is 7.42. The number of rotatable bonds is 5. The standard InChI is InChI=1S/C15H23N3O3/c1-3-6-16-12-9-13(11-14(10-12)18(20)21)17-7-4-15(2,19)5-8-17/h9-11,16,19H,3-8H2,1-2H3. The second-order valence-electron chi connectivity index (χ2n) is 5.91. The number of non-ortho nitro benzene ring substituents is 1. The second-order valence-corrected chi connectivity index (χ2v) is 5.91. The Balaban J connectivity index is 2.21. The highest BCUT2D eigenvalue weighted by Gasteiger charge is 2.28. The van der Waals surface area contributed by atoms with Gasteiger partial charge in [-0.05, 0) is 32.3 Å². The molecule has 0 bridgehead atoms. The fourth-order valence-electron chi connectivity index (χ4n) is 2.50. The van der Waals surface area contributed by atoms with Crippen molar-refractivity contribution < 1.29 is 10.0 Å². The molecule has 6 nitrogen and oxygen atoms in total. The molecule has 0 atom stereocenters. The molecule has 1 fully saturated rings. The molecule has 1 heterocycles. The summed E-state index contributed by atoms with van der Waals surface area (Å²) in [4.78, 5) is 12.8. The molecule has 21 heavy (non-hydrogen) atoms. The third-order valence-electron chi connectivity index (χ3n) is 3.90. The zero-order valence-electron chi connectivity index (χ0n) is 12.6. The van der Waals surface area contributed by atoms with Crippen molar-refractivity contribution in [1.82, 2.24) is 0 Å². The summed E-state index contributed by atoms with van der Waals surface area (Å²) in [5, 5.41) is 24.3. The third-order valence-corrected chi connectivity index (χ3v) is 3.90. The largest absolute Gasteiger partial charge is 0.390 e. The number of nitrogens with one attached hydrogen (secondary N) is 1. The fourth-order valence-corrected chi connectivity index (χ4v) is 2.50. The maximum absolute atomic E-state index is 11.1. The molecule has 0 aromatic heterocycles. The van der Waals surface area contributed by atoms with Gasteiger partial charge in [-0.25, -0.2) is 0 Å². The van der Waals surface area contributed by atoms with Crippen molar-refractivity contribution in [2.75, 3.05) is 29.9 Å². The maximum Gasteiger partial charge on any atom is 0.273 e. The molecule has 116 valence electrons. The van der Waals surface area contributed by atoms with E-state index in [0.717, 1.165) is 24.3 Å². The molecule has 0 saturated carbocycles. The van der Waals surface area contributed by atoms with E-state index in [0.29, 0.717) is 25.9 Å². The first kappa shape index (κ1) is 15.6. The summed E-state index contributed by atoms with van der Waals surface area (Å²) in [6, 6.07) is 5.12. The molecule has 0 spiro atoms. The molecule has 0 aliphatic carbocycles. The highest BCUT2D eigenvalue weighted by molar-refractivity contribution is 5.64. The molecular formula is C15H23N3O3. The van der Waals surface area contributed by atoms with Gasteiger partial charge in [0.15, 0.2) is 0 Å². The first-order chi connectivity index (χ1) is 9.91. The van der Waals surface area contributed by atoms with E-state index in [1.54, 1.807) is 12.1 Å². The van der Waals surface area contributed by atoms with Crippen LogP contribution >= 0.6 is 0 Å². The minimum atomic E-state index is -0.624. The van der Waals surface area contributed by atoms with Gasteiger partial charge in [0.2, 0.25) is 0 Å². The third kappa shape index (κ3) is 4.07. The Bertz CT molecular complexity index is 507. The van der Waals surface area contributed by atoms with Gasteiger partial charge in [-0.15, -0.1) is 0 Å². The highest BCUT2D eigenvalue weighted by Crippen LogP contribution is 2.31. The lowest BCUT2D eigenvalue weighted by atomic mass is 9.93. The van der Waals surface area contributed by atoms with Crippen LogP contribution in [-0.2, 0) is 0 Å². The maximum atomic E-state index is 11.1. The molecule has 0 amide bonds. The lowest BCUT2D eigenvalue weighted by molar-refractivity contribution is -0.384. The number of aliphatic hydroxyl groups is 1. The minimum absolute atomic E-state index is 0.100. The second kappa shape index (κ2) is 6.30. The predicted octanol–water partition coefficient (Wildman–Crippen LogP) is 2.77. The number of anilines is 2. The van der Waals surface area contributed by atoms with E-state index >= 15 is 0 Å². The van der Waals surface area contributed by atoms with Crippen molar-refractivity contribution in [3.63, 3.8) is 0 Å². The van der Waals surface area contributed by atoms with E-state index in [-0.39, 0.29) is 10.6 Å². The molecule has 1 aliphatic heterocycles. The van der Waals surface area contributed by atoms with Crippen LogP contribution < -0.4 is 10.2 Å². The summed E-state index contributed by atoms with van der Waals surface area (Å²) in [6.45, 7) is 6.10. The quantitative estimate of drug-likeness (QED) is 0.644.